The molecule has 3 aliphatic heterocycles. The Kier molecular flexibility index (Phi) is 17.3. The number of unbranched alkanes of at least 4 members (excludes halogenated alkanes) is 1. The number of fused-ring (bicyclic) bond motifs is 3. The molecule has 55 heavy (non-hydrogen) atoms. The third-order valence-corrected chi connectivity index (χ3v) is 28.1. The van der Waals surface area contributed by atoms with Gasteiger partial charge in [-0.25, -0.2) is 0 Å². The second kappa shape index (κ2) is 20.4. The highest BCUT2D eigenvalue weighted by Crippen LogP contribution is 2.45. The highest BCUT2D eigenvalue weighted by Gasteiger charge is 2.50. The van der Waals surface area contributed by atoms with Crippen LogP contribution in [0.3, 0.4) is 0 Å². The summed E-state index contributed by atoms with van der Waals surface area (Å²) in [6.45, 7) is 30.4. The Morgan fingerprint density at radius 1 is 0.800 bits per heavy atom. The van der Waals surface area contributed by atoms with Crippen LogP contribution in [-0.4, -0.2) is 69.1 Å². The topological polar surface area (TPSA) is 55.4 Å². The molecule has 0 amide bonds. The normalized spacial score (nSPS) is 28.5. The molecule has 1 aliphatic carbocycles. The molecule has 1 aromatic rings. The average molecular weight is 815 g/mol. The Morgan fingerprint density at radius 2 is 1.35 bits per heavy atom. The van der Waals surface area contributed by atoms with E-state index in [4.69, 9.17) is 27.5 Å². The summed E-state index contributed by atoms with van der Waals surface area (Å²) in [5.74, 6) is -0.210. The second-order valence-corrected chi connectivity index (χ2v) is 33.3. The standard InChI is InChI=1S/C46H82O6Si3/c1-13-54(14-2,15-3)51-42-34-43(52-55(16-4,17-5)18-6)41(40(42)28-24-19-20-25-33-46-47-35-45(10,36-48-46)37-49-46)32-31-39(50-53(11,12)44(7,8)9)30-29-38-26-22-21-23-27-38/h19,21-24,26-27,31-32,39-43H,13-18,20,25,28-30,33-37H2,1-12H3/b24-19+,32-31+/t39-,40?,41?,42?,43?,45?,46?/m0/s1. The maximum atomic E-state index is 7.52. The van der Waals surface area contributed by atoms with Gasteiger partial charge in [-0.1, -0.05) is 124 Å². The van der Waals surface area contributed by atoms with Crippen LogP contribution in [0, 0.1) is 17.3 Å². The van der Waals surface area contributed by atoms with Crippen LogP contribution >= 0.6 is 0 Å². The van der Waals surface area contributed by atoms with Crippen LogP contribution < -0.4 is 0 Å². The number of rotatable bonds is 23. The van der Waals surface area contributed by atoms with Gasteiger partial charge >= 0.3 is 0 Å². The summed E-state index contributed by atoms with van der Waals surface area (Å²) < 4.78 is 40.5. The largest absolute Gasteiger partial charge is 0.414 e. The van der Waals surface area contributed by atoms with E-state index in [-0.39, 0.29) is 34.7 Å². The molecule has 4 unspecified atom stereocenters. The van der Waals surface area contributed by atoms with Crippen molar-refractivity contribution in [2.75, 3.05) is 19.8 Å². The third-order valence-electron chi connectivity index (χ3n) is 14.2. The molecule has 4 fully saturated rings. The minimum atomic E-state index is -2.02. The Morgan fingerprint density at radius 3 is 1.87 bits per heavy atom. The minimum absolute atomic E-state index is 0.00577. The summed E-state index contributed by atoms with van der Waals surface area (Å²) >= 11 is 0. The molecular formula is C46H82O6Si3. The van der Waals surface area contributed by atoms with Crippen LogP contribution in [0.2, 0.25) is 54.4 Å². The minimum Gasteiger partial charge on any atom is -0.414 e. The highest BCUT2D eigenvalue weighted by molar-refractivity contribution is 6.74. The van der Waals surface area contributed by atoms with E-state index in [0.29, 0.717) is 25.7 Å². The van der Waals surface area contributed by atoms with Gasteiger partial charge in [0.25, 0.3) is 5.97 Å². The molecular weight excluding hydrogens is 733 g/mol. The molecule has 314 valence electrons. The molecule has 5 rings (SSSR count). The van der Waals surface area contributed by atoms with Crippen molar-refractivity contribution in [2.45, 2.75) is 193 Å². The van der Waals surface area contributed by atoms with Crippen molar-refractivity contribution >= 4 is 25.0 Å². The second-order valence-electron chi connectivity index (χ2n) is 19.1. The number of benzene rings is 1. The lowest BCUT2D eigenvalue weighted by atomic mass is 9.89. The molecule has 9 heteroatoms. The Labute approximate surface area is 341 Å². The van der Waals surface area contributed by atoms with E-state index in [1.54, 1.807) is 0 Å². The Bertz CT molecular complexity index is 1290. The number of aryl methyl sites for hydroxylation is 1. The van der Waals surface area contributed by atoms with Crippen molar-refractivity contribution in [1.29, 1.82) is 0 Å². The molecule has 1 saturated carbocycles. The zero-order chi connectivity index (χ0) is 40.4. The molecule has 6 nitrogen and oxygen atoms in total. The predicted molar refractivity (Wildman–Crippen MR) is 238 cm³/mol. The van der Waals surface area contributed by atoms with Crippen LogP contribution in [-0.2, 0) is 33.9 Å². The first-order valence-electron chi connectivity index (χ1n) is 22.4. The summed E-state index contributed by atoms with van der Waals surface area (Å²) in [5.41, 5.74) is 1.37. The summed E-state index contributed by atoms with van der Waals surface area (Å²) in [4.78, 5) is 0. The van der Waals surface area contributed by atoms with Crippen molar-refractivity contribution in [3.8, 4) is 0 Å². The van der Waals surface area contributed by atoms with Crippen LogP contribution in [0.25, 0.3) is 0 Å². The summed E-state index contributed by atoms with van der Waals surface area (Å²) in [7, 11) is -5.76. The average Bonchev–Trinajstić information content (AvgIpc) is 3.49. The van der Waals surface area contributed by atoms with Gasteiger partial charge in [0, 0.05) is 17.8 Å². The van der Waals surface area contributed by atoms with Crippen molar-refractivity contribution in [1.82, 2.24) is 0 Å². The lowest BCUT2D eigenvalue weighted by molar-refractivity contribution is -0.467. The molecule has 0 radical (unpaired) electrons. The smallest absolute Gasteiger partial charge is 0.282 e. The number of ether oxygens (including phenoxy) is 3. The van der Waals surface area contributed by atoms with Crippen molar-refractivity contribution in [3.63, 3.8) is 0 Å². The molecule has 0 spiro atoms. The van der Waals surface area contributed by atoms with Gasteiger partial charge in [0.15, 0.2) is 25.0 Å². The lowest BCUT2D eigenvalue weighted by Crippen LogP contribution is -2.58. The highest BCUT2D eigenvalue weighted by atomic mass is 28.4. The summed E-state index contributed by atoms with van der Waals surface area (Å²) in [6, 6.07) is 17.9. The summed E-state index contributed by atoms with van der Waals surface area (Å²) in [6.07, 6.45) is 16.9. The van der Waals surface area contributed by atoms with Crippen LogP contribution in [0.15, 0.2) is 54.6 Å². The van der Waals surface area contributed by atoms with Crippen LogP contribution in [0.4, 0.5) is 0 Å². The van der Waals surface area contributed by atoms with Gasteiger partial charge in [-0.3, -0.25) is 0 Å². The number of hydrogen-bond acceptors (Lipinski definition) is 6. The molecule has 5 atom stereocenters. The van der Waals surface area contributed by atoms with Crippen molar-refractivity contribution < 1.29 is 27.5 Å². The summed E-state index contributed by atoms with van der Waals surface area (Å²) in [5, 5.41) is 0.138. The maximum absolute atomic E-state index is 7.52. The predicted octanol–water partition coefficient (Wildman–Crippen LogP) is 12.8. The van der Waals surface area contributed by atoms with Crippen LogP contribution in [0.1, 0.15) is 113 Å². The monoisotopic (exact) mass is 815 g/mol. The Hall–Kier alpha value is -0.889. The molecule has 0 aromatic heterocycles. The van der Waals surface area contributed by atoms with Crippen molar-refractivity contribution in [2.24, 2.45) is 17.3 Å². The first-order chi connectivity index (χ1) is 26.0. The molecule has 3 saturated heterocycles. The maximum Gasteiger partial charge on any atom is 0.282 e. The van der Waals surface area contributed by atoms with Gasteiger partial charge in [-0.05, 0) is 104 Å². The Balaban J connectivity index is 1.63. The van der Waals surface area contributed by atoms with Crippen LogP contribution in [0.5, 0.6) is 0 Å². The molecule has 0 N–H and O–H groups in total. The molecule has 2 bridgehead atoms. The molecule has 4 aliphatic rings. The lowest BCUT2D eigenvalue weighted by Gasteiger charge is -2.50. The fourth-order valence-corrected chi connectivity index (χ4v) is 15.8. The first-order valence-corrected chi connectivity index (χ1v) is 30.3. The van der Waals surface area contributed by atoms with Gasteiger partial charge in [0.2, 0.25) is 0 Å². The van der Waals surface area contributed by atoms with Crippen molar-refractivity contribution in [3.05, 3.63) is 60.2 Å². The van der Waals surface area contributed by atoms with E-state index in [2.05, 4.69) is 137 Å². The van der Waals surface area contributed by atoms with E-state index in [0.717, 1.165) is 81.2 Å². The van der Waals surface area contributed by atoms with Gasteiger partial charge in [-0.15, -0.1) is 0 Å². The van der Waals surface area contributed by atoms with E-state index in [9.17, 15) is 0 Å². The van der Waals surface area contributed by atoms with Gasteiger partial charge in [-0.2, -0.15) is 0 Å². The SMILES string of the molecule is CC[Si](CC)(CC)OC1CC(O[Si](CC)(CC)CC)C(C/C=C/CCCC23OCC(C)(CO2)CO3)C1/C=C/[C@H](CCc1ccccc1)O[Si](C)(C)C(C)(C)C. The third kappa shape index (κ3) is 12.3. The van der Waals surface area contributed by atoms with Gasteiger partial charge < -0.3 is 27.5 Å². The molecule has 1 aromatic carbocycles. The first kappa shape index (κ1) is 46.8. The number of hydrogen-bond donors (Lipinski definition) is 0. The number of allylic oxidation sites excluding steroid dienone is 2. The van der Waals surface area contributed by atoms with E-state index in [1.165, 1.54) is 5.56 Å². The van der Waals surface area contributed by atoms with E-state index >= 15 is 0 Å². The van der Waals surface area contributed by atoms with E-state index < -0.39 is 30.9 Å². The quantitative estimate of drug-likeness (QED) is 0.0623. The van der Waals surface area contributed by atoms with Gasteiger partial charge in [0.05, 0.1) is 38.1 Å². The fourth-order valence-electron chi connectivity index (χ4n) is 8.65. The van der Waals surface area contributed by atoms with Gasteiger partial charge in [0.1, 0.15) is 0 Å². The zero-order valence-corrected chi connectivity index (χ0v) is 40.3. The molecule has 3 heterocycles. The van der Waals surface area contributed by atoms with E-state index in [1.807, 2.05) is 0 Å². The fraction of sp³-hybridized carbons (Fsp3) is 0.783. The zero-order valence-electron chi connectivity index (χ0n) is 37.3.